The van der Waals surface area contributed by atoms with Gasteiger partial charge in [0.15, 0.2) is 0 Å². The van der Waals surface area contributed by atoms with E-state index in [1.165, 1.54) is 29.5 Å². The van der Waals surface area contributed by atoms with Gasteiger partial charge in [-0.15, -0.1) is 0 Å². The van der Waals surface area contributed by atoms with Crippen LogP contribution in [0.25, 0.3) is 0 Å². The lowest BCUT2D eigenvalue weighted by Crippen LogP contribution is -2.51. The summed E-state index contributed by atoms with van der Waals surface area (Å²) in [5.41, 5.74) is 6.12. The van der Waals surface area contributed by atoms with E-state index in [0.29, 0.717) is 5.92 Å². The van der Waals surface area contributed by atoms with Crippen molar-refractivity contribution in [3.8, 4) is 0 Å². The number of fused-ring (bicyclic) bond motifs is 6. The van der Waals surface area contributed by atoms with Gasteiger partial charge in [-0.1, -0.05) is 71.5 Å². The maximum absolute atomic E-state index is 3.94. The molecule has 98 valence electrons. The molecule has 0 radical (unpaired) electrons. The van der Waals surface area contributed by atoms with Crippen molar-refractivity contribution in [1.82, 2.24) is 5.32 Å². The number of rotatable bonds is 0. The molecule has 0 spiro atoms. The first-order valence-electron chi connectivity index (χ1n) is 7.05. The third kappa shape index (κ3) is 1.34. The Morgan fingerprint density at radius 2 is 2.00 bits per heavy atom. The topological polar surface area (TPSA) is 12.0 Å². The Morgan fingerprint density at radius 1 is 1.26 bits per heavy atom. The third-order valence-corrected chi connectivity index (χ3v) is 6.94. The molecule has 2 bridgehead atoms. The van der Waals surface area contributed by atoms with Crippen LogP contribution in [0.15, 0.2) is 47.6 Å². The van der Waals surface area contributed by atoms with Gasteiger partial charge in [-0.2, -0.15) is 0 Å². The molecule has 0 saturated carbocycles. The number of hydrogen-bond donors (Lipinski definition) is 1. The summed E-state index contributed by atoms with van der Waals surface area (Å²) in [6, 6.07) is 8.95. The smallest absolute Gasteiger partial charge is 0.104 e. The van der Waals surface area contributed by atoms with Gasteiger partial charge < -0.3 is 0 Å². The molecule has 2 heteroatoms. The van der Waals surface area contributed by atoms with E-state index in [1.54, 1.807) is 5.57 Å². The fourth-order valence-electron chi connectivity index (χ4n) is 4.15. The molecule has 0 aromatic heterocycles. The van der Waals surface area contributed by atoms with E-state index in [-0.39, 0.29) is 9.08 Å². The van der Waals surface area contributed by atoms with Gasteiger partial charge in [0.25, 0.3) is 0 Å². The Labute approximate surface area is 128 Å². The second-order valence-corrected chi connectivity index (χ2v) is 7.81. The van der Waals surface area contributed by atoms with E-state index < -0.39 is 0 Å². The lowest BCUT2D eigenvalue weighted by molar-refractivity contribution is 0.307. The van der Waals surface area contributed by atoms with Crippen LogP contribution in [0.2, 0.25) is 0 Å². The van der Waals surface area contributed by atoms with E-state index in [9.17, 15) is 0 Å². The van der Waals surface area contributed by atoms with Gasteiger partial charge in [-0.3, -0.25) is 5.32 Å². The van der Waals surface area contributed by atoms with Crippen molar-refractivity contribution in [2.24, 2.45) is 5.92 Å². The van der Waals surface area contributed by atoms with Gasteiger partial charge in [0.1, 0.15) is 3.55 Å². The molecule has 1 aromatic rings. The molecule has 3 aliphatic rings. The number of alkyl halides is 1. The van der Waals surface area contributed by atoms with Crippen LogP contribution in [0.4, 0.5) is 0 Å². The first kappa shape index (κ1) is 12.2. The molecule has 1 aromatic carbocycles. The van der Waals surface area contributed by atoms with Crippen LogP contribution >= 0.6 is 22.6 Å². The minimum absolute atomic E-state index is 0.00343. The van der Waals surface area contributed by atoms with Crippen molar-refractivity contribution in [2.75, 3.05) is 0 Å². The summed E-state index contributed by atoms with van der Waals surface area (Å²) in [6.07, 6.45) is 7.12. The van der Waals surface area contributed by atoms with Gasteiger partial charge in [0.05, 0.1) is 5.54 Å². The Balaban J connectivity index is 2.06. The second-order valence-electron chi connectivity index (χ2n) is 6.11. The van der Waals surface area contributed by atoms with Gasteiger partial charge in [0.2, 0.25) is 0 Å². The van der Waals surface area contributed by atoms with E-state index in [4.69, 9.17) is 0 Å². The molecule has 0 fully saturated rings. The van der Waals surface area contributed by atoms with Crippen molar-refractivity contribution in [3.05, 3.63) is 58.7 Å². The molecule has 1 N–H and O–H groups in total. The summed E-state index contributed by atoms with van der Waals surface area (Å²) in [6.45, 7) is 4.73. The van der Waals surface area contributed by atoms with Crippen LogP contribution in [0.1, 0.15) is 37.8 Å². The lowest BCUT2D eigenvalue weighted by atomic mass is 9.75. The average Bonchev–Trinajstić information content (AvgIpc) is 2.66. The molecule has 4 rings (SSSR count). The van der Waals surface area contributed by atoms with E-state index in [0.717, 1.165) is 0 Å². The molecule has 1 nitrogen and oxygen atoms in total. The highest BCUT2D eigenvalue weighted by Crippen LogP contribution is 2.59. The third-order valence-electron chi connectivity index (χ3n) is 5.16. The van der Waals surface area contributed by atoms with Crippen LogP contribution in [-0.4, -0.2) is 0 Å². The SMILES string of the molecule is C[C@H]1C2=C(C=CCC2)[C@@]2(C)NC1(I)c1ccccc12. The molecule has 0 amide bonds. The summed E-state index contributed by atoms with van der Waals surface area (Å²) in [7, 11) is 0. The van der Waals surface area contributed by atoms with Crippen LogP contribution < -0.4 is 5.32 Å². The number of allylic oxidation sites excluding steroid dienone is 1. The zero-order valence-corrected chi connectivity index (χ0v) is 13.5. The Morgan fingerprint density at radius 3 is 2.79 bits per heavy atom. The number of hydrogen-bond acceptors (Lipinski definition) is 1. The molecular weight excluding hydrogens is 345 g/mol. The number of halogens is 1. The first-order chi connectivity index (χ1) is 9.07. The molecule has 1 unspecified atom stereocenters. The minimum atomic E-state index is -0.00343. The summed E-state index contributed by atoms with van der Waals surface area (Å²) in [4.78, 5) is 0. The number of benzene rings is 1. The normalized spacial score (nSPS) is 39.2. The quantitative estimate of drug-likeness (QED) is 0.410. The Hall–Kier alpha value is -0.610. The van der Waals surface area contributed by atoms with Crippen LogP contribution in [0.3, 0.4) is 0 Å². The van der Waals surface area contributed by atoms with Gasteiger partial charge >= 0.3 is 0 Å². The summed E-state index contributed by atoms with van der Waals surface area (Å²) in [5, 5.41) is 3.94. The maximum atomic E-state index is 3.94. The molecule has 19 heavy (non-hydrogen) atoms. The van der Waals surface area contributed by atoms with Crippen molar-refractivity contribution in [2.45, 2.75) is 35.8 Å². The zero-order chi connectivity index (χ0) is 13.3. The summed E-state index contributed by atoms with van der Waals surface area (Å²) < 4.78 is 0.0626. The largest absolute Gasteiger partial charge is 0.285 e. The highest BCUT2D eigenvalue weighted by molar-refractivity contribution is 14.1. The zero-order valence-electron chi connectivity index (χ0n) is 11.3. The van der Waals surface area contributed by atoms with Crippen molar-refractivity contribution < 1.29 is 0 Å². The van der Waals surface area contributed by atoms with E-state index in [2.05, 4.69) is 78.2 Å². The highest BCUT2D eigenvalue weighted by Gasteiger charge is 2.56. The van der Waals surface area contributed by atoms with Crippen LogP contribution in [0.5, 0.6) is 0 Å². The Bertz CT molecular complexity index is 630. The van der Waals surface area contributed by atoms with Crippen LogP contribution in [0, 0.1) is 5.92 Å². The van der Waals surface area contributed by atoms with Crippen molar-refractivity contribution >= 4 is 22.6 Å². The van der Waals surface area contributed by atoms with Crippen molar-refractivity contribution in [1.29, 1.82) is 0 Å². The molecule has 1 aliphatic carbocycles. The fraction of sp³-hybridized carbons (Fsp3) is 0.412. The fourth-order valence-corrected chi connectivity index (χ4v) is 5.53. The average molecular weight is 363 g/mol. The molecular formula is C17H18IN. The lowest BCUT2D eigenvalue weighted by Gasteiger charge is -2.45. The summed E-state index contributed by atoms with van der Waals surface area (Å²) in [5.74, 6) is 0.560. The molecule has 2 aliphatic heterocycles. The van der Waals surface area contributed by atoms with Crippen molar-refractivity contribution in [3.63, 3.8) is 0 Å². The van der Waals surface area contributed by atoms with Gasteiger partial charge in [-0.05, 0) is 36.5 Å². The summed E-state index contributed by atoms with van der Waals surface area (Å²) >= 11 is 2.64. The van der Waals surface area contributed by atoms with Gasteiger partial charge in [0, 0.05) is 5.92 Å². The van der Waals surface area contributed by atoms with E-state index in [1.807, 2.05) is 0 Å². The first-order valence-corrected chi connectivity index (χ1v) is 8.13. The molecule has 0 saturated heterocycles. The standard InChI is InChI=1S/C17H18IN/c1-11-12-7-3-4-8-13(12)16(2)14-9-5-6-10-15(14)17(11,18)19-16/h4-6,8-11,19H,3,7H2,1-2H3/t11-,16+,17?/m0/s1. The van der Waals surface area contributed by atoms with E-state index >= 15 is 0 Å². The molecule has 2 heterocycles. The molecule has 3 atom stereocenters. The minimum Gasteiger partial charge on any atom is -0.285 e. The number of nitrogens with one attached hydrogen (secondary N) is 1. The predicted molar refractivity (Wildman–Crippen MR) is 87.2 cm³/mol. The highest BCUT2D eigenvalue weighted by atomic mass is 127. The predicted octanol–water partition coefficient (Wildman–Crippen LogP) is 4.39. The maximum Gasteiger partial charge on any atom is 0.104 e. The second kappa shape index (κ2) is 3.73. The monoisotopic (exact) mass is 363 g/mol. The van der Waals surface area contributed by atoms with Gasteiger partial charge in [-0.25, -0.2) is 0 Å². The Kier molecular flexibility index (Phi) is 2.39. The van der Waals surface area contributed by atoms with Crippen LogP contribution in [-0.2, 0) is 9.08 Å².